The maximum Gasteiger partial charge on any atom is 0.178 e. The van der Waals surface area contributed by atoms with Crippen LogP contribution in [-0.2, 0) is 9.59 Å². The van der Waals surface area contributed by atoms with Gasteiger partial charge in [-0.2, -0.15) is 0 Å². The second kappa shape index (κ2) is 5.17. The molecule has 2 saturated carbocycles. The molecule has 1 N–H and O–H groups in total. The minimum Gasteiger partial charge on any atom is -0.382 e. The first kappa shape index (κ1) is 18.1. The Balaban J connectivity index is 1.88. The molecule has 4 rings (SSSR count). The Morgan fingerprint density at radius 2 is 2.04 bits per heavy atom. The number of alkyl halides is 2. The van der Waals surface area contributed by atoms with Gasteiger partial charge in [0.05, 0.1) is 4.87 Å². The van der Waals surface area contributed by atoms with Gasteiger partial charge >= 0.3 is 0 Å². The second-order valence-electron chi connectivity index (χ2n) is 8.84. The maximum absolute atomic E-state index is 15.8. The van der Waals surface area contributed by atoms with E-state index in [9.17, 15) is 14.7 Å². The summed E-state index contributed by atoms with van der Waals surface area (Å²) < 4.78 is 15.8. The van der Waals surface area contributed by atoms with Crippen LogP contribution in [0.15, 0.2) is 36.0 Å². The molecule has 26 heavy (non-hydrogen) atoms. The van der Waals surface area contributed by atoms with E-state index < -0.39 is 27.5 Å². The molecule has 0 aliphatic heterocycles. The molecular weight excluding hydrogens is 355 g/mol. The van der Waals surface area contributed by atoms with E-state index in [1.807, 2.05) is 26.0 Å². The summed E-state index contributed by atoms with van der Waals surface area (Å²) in [4.78, 5) is 22.8. The van der Waals surface area contributed by atoms with Crippen molar-refractivity contribution in [3.63, 3.8) is 0 Å². The molecule has 0 aromatic carbocycles. The topological polar surface area (TPSA) is 54.4 Å². The van der Waals surface area contributed by atoms with Gasteiger partial charge in [-0.1, -0.05) is 32.1 Å². The van der Waals surface area contributed by atoms with Crippen LogP contribution in [0.3, 0.4) is 0 Å². The molecule has 4 aliphatic rings. The van der Waals surface area contributed by atoms with Crippen LogP contribution in [0.5, 0.6) is 0 Å². The number of carbonyl (C=O) groups excluding carboxylic acids is 2. The van der Waals surface area contributed by atoms with Crippen molar-refractivity contribution in [3.05, 3.63) is 36.0 Å². The van der Waals surface area contributed by atoms with Gasteiger partial charge in [0.2, 0.25) is 0 Å². The van der Waals surface area contributed by atoms with Gasteiger partial charge in [0.25, 0.3) is 0 Å². The lowest BCUT2D eigenvalue weighted by Gasteiger charge is -2.61. The van der Waals surface area contributed by atoms with Gasteiger partial charge in [-0.3, -0.25) is 9.59 Å². The molecule has 0 saturated heterocycles. The van der Waals surface area contributed by atoms with Gasteiger partial charge in [-0.05, 0) is 49.8 Å². The molecule has 4 aliphatic carbocycles. The average molecular weight is 379 g/mol. The van der Waals surface area contributed by atoms with Crippen molar-refractivity contribution in [3.8, 4) is 0 Å². The number of Topliss-reactive ketones (excluding diaryl/α,β-unsaturated/α-hetero) is 1. The van der Waals surface area contributed by atoms with Crippen molar-refractivity contribution in [1.29, 1.82) is 0 Å². The number of rotatable bonds is 1. The molecule has 0 aromatic heterocycles. The van der Waals surface area contributed by atoms with E-state index in [-0.39, 0.29) is 29.8 Å². The van der Waals surface area contributed by atoms with Crippen LogP contribution in [0.25, 0.3) is 0 Å². The molecule has 3 nitrogen and oxygen atoms in total. The normalized spacial score (nSPS) is 52.2. The van der Waals surface area contributed by atoms with Crippen LogP contribution in [0.4, 0.5) is 4.39 Å². The van der Waals surface area contributed by atoms with Gasteiger partial charge in [0.15, 0.2) is 11.6 Å². The Bertz CT molecular complexity index is 801. The fraction of sp³-hybridized carbons (Fsp3) is 0.619. The largest absolute Gasteiger partial charge is 0.382 e. The van der Waals surface area contributed by atoms with Crippen molar-refractivity contribution in [2.75, 3.05) is 0 Å². The highest BCUT2D eigenvalue weighted by molar-refractivity contribution is 6.26. The Morgan fingerprint density at radius 3 is 2.69 bits per heavy atom. The van der Waals surface area contributed by atoms with Gasteiger partial charge in [0.1, 0.15) is 11.8 Å². The van der Waals surface area contributed by atoms with E-state index in [0.29, 0.717) is 12.8 Å². The van der Waals surface area contributed by atoms with E-state index in [1.54, 1.807) is 6.08 Å². The zero-order valence-electron chi connectivity index (χ0n) is 15.3. The first-order valence-electron chi connectivity index (χ1n) is 9.21. The molecule has 0 unspecified atom stereocenters. The molecule has 0 bridgehead atoms. The number of fused-ring (bicyclic) bond motifs is 5. The lowest BCUT2D eigenvalue weighted by molar-refractivity contribution is -0.160. The van der Waals surface area contributed by atoms with Crippen molar-refractivity contribution in [2.24, 2.45) is 22.7 Å². The zero-order chi connectivity index (χ0) is 19.1. The predicted octanol–water partition coefficient (Wildman–Crippen LogP) is 3.70. The summed E-state index contributed by atoms with van der Waals surface area (Å²) in [5.74, 6) is -0.844. The molecule has 140 valence electrons. The first-order chi connectivity index (χ1) is 12.0. The molecule has 0 radical (unpaired) electrons. The molecular formula is C21H24ClFO3. The number of allylic oxidation sites excluding steroid dienone is 6. The highest BCUT2D eigenvalue weighted by Gasteiger charge is 2.72. The number of carbonyl (C=O) groups is 2. The summed E-state index contributed by atoms with van der Waals surface area (Å²) in [5, 5.41) is 11.1. The van der Waals surface area contributed by atoms with Crippen LogP contribution in [0.1, 0.15) is 40.0 Å². The minimum atomic E-state index is -1.51. The van der Waals surface area contributed by atoms with E-state index in [4.69, 9.17) is 11.6 Å². The molecule has 0 heterocycles. The summed E-state index contributed by atoms with van der Waals surface area (Å²) in [7, 11) is 0. The summed E-state index contributed by atoms with van der Waals surface area (Å²) in [5.41, 5.74) is -2.44. The Labute approximate surface area is 158 Å². The summed E-state index contributed by atoms with van der Waals surface area (Å²) in [6.07, 6.45) is 8.06. The molecule has 7 atom stereocenters. The second-order valence-corrected chi connectivity index (χ2v) is 9.47. The third-order valence-electron chi connectivity index (χ3n) is 7.90. The maximum atomic E-state index is 15.8. The van der Waals surface area contributed by atoms with Crippen molar-refractivity contribution in [1.82, 2.24) is 0 Å². The lowest BCUT2D eigenvalue weighted by Crippen LogP contribution is -2.66. The van der Waals surface area contributed by atoms with Crippen molar-refractivity contribution < 1.29 is 19.1 Å². The number of ketones is 2. The van der Waals surface area contributed by atoms with E-state index in [2.05, 4.69) is 0 Å². The number of aliphatic hydroxyl groups is 1. The smallest absolute Gasteiger partial charge is 0.178 e. The van der Waals surface area contributed by atoms with Crippen LogP contribution >= 0.6 is 11.6 Å². The van der Waals surface area contributed by atoms with E-state index in [1.165, 1.54) is 19.1 Å². The van der Waals surface area contributed by atoms with E-state index in [0.717, 1.165) is 5.57 Å². The third-order valence-corrected chi connectivity index (χ3v) is 8.78. The zero-order valence-corrected chi connectivity index (χ0v) is 16.0. The quantitative estimate of drug-likeness (QED) is 0.708. The Kier molecular flexibility index (Phi) is 3.60. The predicted molar refractivity (Wildman–Crippen MR) is 97.5 cm³/mol. The van der Waals surface area contributed by atoms with Crippen LogP contribution in [-0.4, -0.2) is 33.3 Å². The molecule has 0 amide bonds. The highest BCUT2D eigenvalue weighted by Crippen LogP contribution is 2.69. The van der Waals surface area contributed by atoms with Crippen LogP contribution < -0.4 is 0 Å². The highest BCUT2D eigenvalue weighted by atomic mass is 35.5. The standard InChI is InChI=1S/C21H24ClFO3/c1-12(24)20(26)9-7-15-16-5-4-13-10-14(25)6-8-18(13,2)21(16,22)17(23)11-19(15,20)3/h4-6,8,10,15-17,26H,7,9,11H2,1-3H3/t15-,16-,17-,18-,19-,20-,21-/m0/s1. The number of hydrogen-bond donors (Lipinski definition) is 1. The first-order valence-corrected chi connectivity index (χ1v) is 9.58. The van der Waals surface area contributed by atoms with Gasteiger partial charge < -0.3 is 5.11 Å². The Hall–Kier alpha value is -1.26. The Morgan fingerprint density at radius 1 is 1.35 bits per heavy atom. The third kappa shape index (κ3) is 1.83. The molecule has 2 fully saturated rings. The molecule has 5 heteroatoms. The SMILES string of the molecule is CC(=O)[C@@]1(O)CC[C@H]2[C@@H]3C=CC4=CC(=O)C=C[C@]4(C)[C@@]3(Cl)[C@@H](F)C[C@@]21C. The van der Waals surface area contributed by atoms with Gasteiger partial charge in [-0.15, -0.1) is 11.6 Å². The van der Waals surface area contributed by atoms with Crippen molar-refractivity contribution in [2.45, 2.75) is 56.7 Å². The molecule has 0 spiro atoms. The summed E-state index contributed by atoms with van der Waals surface area (Å²) >= 11 is 7.09. The van der Waals surface area contributed by atoms with Gasteiger partial charge in [0, 0.05) is 16.7 Å². The van der Waals surface area contributed by atoms with E-state index >= 15 is 4.39 Å². The fourth-order valence-electron chi connectivity index (χ4n) is 6.19. The molecule has 0 aromatic rings. The van der Waals surface area contributed by atoms with Crippen LogP contribution in [0, 0.1) is 22.7 Å². The summed E-state index contributed by atoms with van der Waals surface area (Å²) in [6.45, 7) is 5.10. The fourth-order valence-corrected chi connectivity index (χ4v) is 6.67. The number of halogens is 2. The van der Waals surface area contributed by atoms with Gasteiger partial charge in [-0.25, -0.2) is 4.39 Å². The monoisotopic (exact) mass is 378 g/mol. The lowest BCUT2D eigenvalue weighted by atomic mass is 9.47. The van der Waals surface area contributed by atoms with Crippen LogP contribution in [0.2, 0.25) is 0 Å². The van der Waals surface area contributed by atoms with Crippen molar-refractivity contribution >= 4 is 23.2 Å². The summed E-state index contributed by atoms with van der Waals surface area (Å²) in [6, 6.07) is 0. The minimum absolute atomic E-state index is 0.0340. The number of hydrogen-bond acceptors (Lipinski definition) is 3. The average Bonchev–Trinajstić information content (AvgIpc) is 2.83.